The van der Waals surface area contributed by atoms with E-state index in [2.05, 4.69) is 18.5 Å². The maximum absolute atomic E-state index is 14.8. The Morgan fingerprint density at radius 3 is 2.44 bits per heavy atom. The van der Waals surface area contributed by atoms with Crippen LogP contribution in [-0.2, 0) is 0 Å². The lowest BCUT2D eigenvalue weighted by Gasteiger charge is -2.17. The van der Waals surface area contributed by atoms with Crippen molar-refractivity contribution in [2.24, 2.45) is 10.7 Å². The SMILES string of the molecule is C=CC1=C(C(=C)/C=C(\N)Nc2ccc(C(=O)O)cc2)c2cccc(Cl)c2C(c2ccccc2F)=NC1. The third kappa shape index (κ3) is 4.99. The van der Waals surface area contributed by atoms with Gasteiger partial charge >= 0.3 is 5.97 Å². The summed E-state index contributed by atoms with van der Waals surface area (Å²) in [7, 11) is 0. The molecule has 0 saturated carbocycles. The second-order valence-corrected chi connectivity index (χ2v) is 8.45. The number of aliphatic imine (C=N–C) groups is 1. The number of nitrogens with zero attached hydrogens (tertiary/aromatic N) is 1. The monoisotopic (exact) mass is 499 g/mol. The minimum absolute atomic E-state index is 0.172. The van der Waals surface area contributed by atoms with Crippen LogP contribution in [-0.4, -0.2) is 23.3 Å². The quantitative estimate of drug-likeness (QED) is 0.326. The van der Waals surface area contributed by atoms with Crippen LogP contribution in [0, 0.1) is 5.82 Å². The lowest BCUT2D eigenvalue weighted by Crippen LogP contribution is -2.11. The molecule has 3 aromatic rings. The molecular weight excluding hydrogens is 477 g/mol. The molecule has 3 aromatic carbocycles. The predicted octanol–water partition coefficient (Wildman–Crippen LogP) is 6.44. The van der Waals surface area contributed by atoms with Crippen LogP contribution in [0.4, 0.5) is 10.1 Å². The summed E-state index contributed by atoms with van der Waals surface area (Å²) >= 11 is 6.65. The van der Waals surface area contributed by atoms with E-state index >= 15 is 0 Å². The Kier molecular flexibility index (Phi) is 7.17. The third-order valence-electron chi connectivity index (χ3n) is 5.70. The number of carbonyl (C=O) groups is 1. The van der Waals surface area contributed by atoms with Crippen molar-refractivity contribution in [1.29, 1.82) is 0 Å². The highest BCUT2D eigenvalue weighted by Gasteiger charge is 2.25. The molecule has 0 aliphatic carbocycles. The van der Waals surface area contributed by atoms with E-state index in [0.717, 1.165) is 16.7 Å². The van der Waals surface area contributed by atoms with Crippen LogP contribution in [0.5, 0.6) is 0 Å². The molecule has 5 nitrogen and oxygen atoms in total. The summed E-state index contributed by atoms with van der Waals surface area (Å²) in [5.41, 5.74) is 11.3. The van der Waals surface area contributed by atoms with Crippen molar-refractivity contribution in [3.05, 3.63) is 142 Å². The van der Waals surface area contributed by atoms with Crippen molar-refractivity contribution >= 4 is 34.5 Å². The summed E-state index contributed by atoms with van der Waals surface area (Å²) in [6.45, 7) is 8.42. The van der Waals surface area contributed by atoms with Gasteiger partial charge in [-0.05, 0) is 70.8 Å². The van der Waals surface area contributed by atoms with Gasteiger partial charge in [0.2, 0.25) is 0 Å². The molecule has 1 aliphatic heterocycles. The smallest absolute Gasteiger partial charge is 0.335 e. The van der Waals surface area contributed by atoms with Crippen molar-refractivity contribution in [1.82, 2.24) is 0 Å². The van der Waals surface area contributed by atoms with Gasteiger partial charge < -0.3 is 16.2 Å². The topological polar surface area (TPSA) is 87.7 Å². The summed E-state index contributed by atoms with van der Waals surface area (Å²) in [6, 6.07) is 18.1. The Bertz CT molecular complexity index is 1470. The molecule has 0 fully saturated rings. The number of hydrogen-bond donors (Lipinski definition) is 3. The molecule has 0 atom stereocenters. The van der Waals surface area contributed by atoms with E-state index in [9.17, 15) is 9.18 Å². The first-order valence-corrected chi connectivity index (χ1v) is 11.4. The van der Waals surface area contributed by atoms with Crippen LogP contribution < -0.4 is 11.1 Å². The van der Waals surface area contributed by atoms with E-state index in [-0.39, 0.29) is 12.1 Å². The number of aromatic carboxylic acids is 1. The molecule has 0 spiro atoms. The van der Waals surface area contributed by atoms with Crippen molar-refractivity contribution in [2.45, 2.75) is 0 Å². The van der Waals surface area contributed by atoms with Gasteiger partial charge in [-0.15, -0.1) is 0 Å². The van der Waals surface area contributed by atoms with Gasteiger partial charge in [0.25, 0.3) is 0 Å². The summed E-state index contributed by atoms with van der Waals surface area (Å²) < 4.78 is 14.8. The Hall–Kier alpha value is -4.42. The average molecular weight is 500 g/mol. The highest BCUT2D eigenvalue weighted by molar-refractivity contribution is 6.36. The number of anilines is 1. The van der Waals surface area contributed by atoms with Crippen molar-refractivity contribution in [3.63, 3.8) is 0 Å². The summed E-state index contributed by atoms with van der Waals surface area (Å²) in [6.07, 6.45) is 3.36. The molecule has 0 unspecified atom stereocenters. The van der Waals surface area contributed by atoms with E-state index in [4.69, 9.17) is 27.4 Å². The van der Waals surface area contributed by atoms with Crippen LogP contribution in [0.25, 0.3) is 5.57 Å². The maximum Gasteiger partial charge on any atom is 0.335 e. The van der Waals surface area contributed by atoms with Crippen LogP contribution in [0.1, 0.15) is 27.0 Å². The Morgan fingerprint density at radius 1 is 1.08 bits per heavy atom. The first kappa shape index (κ1) is 24.7. The van der Waals surface area contributed by atoms with Gasteiger partial charge in [0, 0.05) is 16.8 Å². The Balaban J connectivity index is 1.75. The van der Waals surface area contributed by atoms with Crippen molar-refractivity contribution in [2.75, 3.05) is 11.9 Å². The lowest BCUT2D eigenvalue weighted by atomic mass is 9.88. The van der Waals surface area contributed by atoms with Gasteiger partial charge in [0.1, 0.15) is 11.6 Å². The zero-order chi connectivity index (χ0) is 25.8. The van der Waals surface area contributed by atoms with Gasteiger partial charge in [0.05, 0.1) is 22.8 Å². The lowest BCUT2D eigenvalue weighted by molar-refractivity contribution is 0.0697. The number of fused-ring (bicyclic) bond motifs is 1. The fourth-order valence-corrected chi connectivity index (χ4v) is 4.31. The number of nitrogens with one attached hydrogen (secondary N) is 1. The molecule has 0 saturated heterocycles. The number of carboxylic acid groups (broad SMARTS) is 1. The third-order valence-corrected chi connectivity index (χ3v) is 6.01. The fourth-order valence-electron chi connectivity index (χ4n) is 4.05. The number of carboxylic acids is 1. The molecule has 1 heterocycles. The van der Waals surface area contributed by atoms with Gasteiger partial charge in [-0.1, -0.05) is 55.1 Å². The largest absolute Gasteiger partial charge is 0.478 e. The van der Waals surface area contributed by atoms with Crippen LogP contribution >= 0.6 is 11.6 Å². The number of benzene rings is 3. The molecule has 7 heteroatoms. The molecule has 180 valence electrons. The number of allylic oxidation sites excluding steroid dienone is 3. The van der Waals surface area contributed by atoms with Crippen molar-refractivity contribution in [3.8, 4) is 0 Å². The van der Waals surface area contributed by atoms with E-state index in [1.54, 1.807) is 48.6 Å². The van der Waals surface area contributed by atoms with E-state index in [1.807, 2.05) is 12.1 Å². The minimum atomic E-state index is -1.01. The number of hydrogen-bond acceptors (Lipinski definition) is 4. The molecule has 36 heavy (non-hydrogen) atoms. The van der Waals surface area contributed by atoms with E-state index in [1.165, 1.54) is 18.2 Å². The molecular formula is C29H23ClFN3O2. The minimum Gasteiger partial charge on any atom is -0.478 e. The van der Waals surface area contributed by atoms with Gasteiger partial charge in [-0.2, -0.15) is 0 Å². The Labute approximate surface area is 213 Å². The van der Waals surface area contributed by atoms with Gasteiger partial charge in [0.15, 0.2) is 0 Å². The fraction of sp³-hybridized carbons (Fsp3) is 0.0345. The number of halogens is 2. The maximum atomic E-state index is 14.8. The molecule has 1 aliphatic rings. The second kappa shape index (κ2) is 10.5. The zero-order valence-corrected chi connectivity index (χ0v) is 20.0. The van der Waals surface area contributed by atoms with E-state index < -0.39 is 11.8 Å². The van der Waals surface area contributed by atoms with Crippen LogP contribution in [0.2, 0.25) is 5.02 Å². The van der Waals surface area contributed by atoms with Gasteiger partial charge in [-0.25, -0.2) is 9.18 Å². The van der Waals surface area contributed by atoms with Crippen molar-refractivity contribution < 1.29 is 14.3 Å². The molecule has 0 amide bonds. The van der Waals surface area contributed by atoms with Crippen LogP contribution in [0.3, 0.4) is 0 Å². The summed E-state index contributed by atoms with van der Waals surface area (Å²) in [5, 5.41) is 12.5. The zero-order valence-electron chi connectivity index (χ0n) is 19.3. The van der Waals surface area contributed by atoms with E-state index in [0.29, 0.717) is 38.9 Å². The normalized spacial score (nSPS) is 13.4. The first-order chi connectivity index (χ1) is 17.3. The standard InChI is InChI=1S/C29H23ClFN3O2/c1-3-18-16-33-28(21-7-4-5-10-24(21)31)27-22(8-6-9-23(27)30)26(18)17(2)15-25(32)34-20-13-11-19(12-14-20)29(35)36/h3-15,34H,1-2,16,32H2,(H,35,36)/b25-15+. The highest BCUT2D eigenvalue weighted by atomic mass is 35.5. The van der Waals surface area contributed by atoms with Crippen LogP contribution in [0.15, 0.2) is 114 Å². The number of nitrogens with two attached hydrogens (primary N) is 1. The molecule has 0 aromatic heterocycles. The average Bonchev–Trinajstić information content (AvgIpc) is 3.02. The highest BCUT2D eigenvalue weighted by Crippen LogP contribution is 2.37. The molecule has 0 bridgehead atoms. The Morgan fingerprint density at radius 2 is 1.78 bits per heavy atom. The summed E-state index contributed by atoms with van der Waals surface area (Å²) in [5.74, 6) is -1.11. The predicted molar refractivity (Wildman–Crippen MR) is 144 cm³/mol. The first-order valence-electron chi connectivity index (χ1n) is 11.0. The number of rotatable bonds is 7. The molecule has 0 radical (unpaired) electrons. The molecule has 4 N–H and O–H groups in total. The summed E-state index contributed by atoms with van der Waals surface area (Å²) in [4.78, 5) is 15.8. The molecule has 4 rings (SSSR count). The van der Waals surface area contributed by atoms with Gasteiger partial charge in [-0.3, -0.25) is 4.99 Å². The second-order valence-electron chi connectivity index (χ2n) is 8.04.